The Balaban J connectivity index is 2.10. The van der Waals surface area contributed by atoms with Crippen molar-refractivity contribution >= 4 is 45.4 Å². The molecule has 13 N–H and O–H groups in total. The molecule has 1 amide bonds. The predicted molar refractivity (Wildman–Crippen MR) is 232 cm³/mol. The molecule has 0 saturated heterocycles. The number of hydrogen-bond donors (Lipinski definition) is 9. The Morgan fingerprint density at radius 3 is 1.87 bits per heavy atom. The van der Waals surface area contributed by atoms with E-state index in [0.717, 1.165) is 11.1 Å². The number of rotatable bonds is 27. The highest BCUT2D eigenvalue weighted by Gasteiger charge is 2.29. The van der Waals surface area contributed by atoms with Gasteiger partial charge in [-0.3, -0.25) is 29.8 Å². The highest BCUT2D eigenvalue weighted by Crippen LogP contribution is 2.41. The van der Waals surface area contributed by atoms with Gasteiger partial charge >= 0.3 is 5.97 Å². The van der Waals surface area contributed by atoms with E-state index in [9.17, 15) is 29.1 Å². The molecule has 0 aliphatic rings. The van der Waals surface area contributed by atoms with Crippen LogP contribution in [0.3, 0.4) is 0 Å². The molecule has 2 atom stereocenters. The number of esters is 1. The van der Waals surface area contributed by atoms with E-state index in [-0.39, 0.29) is 70.4 Å². The van der Waals surface area contributed by atoms with E-state index in [4.69, 9.17) is 51.1 Å². The van der Waals surface area contributed by atoms with Crippen molar-refractivity contribution in [2.75, 3.05) is 47.6 Å². The summed E-state index contributed by atoms with van der Waals surface area (Å²) in [6.07, 6.45) is 3.77. The monoisotopic (exact) mass is 870 g/mol. The van der Waals surface area contributed by atoms with Crippen molar-refractivity contribution in [2.45, 2.75) is 90.9 Å². The third kappa shape index (κ3) is 14.6. The van der Waals surface area contributed by atoms with Gasteiger partial charge in [-0.1, -0.05) is 23.3 Å². The Kier molecular flexibility index (Phi) is 20.4. The van der Waals surface area contributed by atoms with Crippen LogP contribution in [0.4, 0.5) is 0 Å². The quantitative estimate of drug-likeness (QED) is 0.00977. The molecule has 0 bridgehead atoms. The summed E-state index contributed by atoms with van der Waals surface area (Å²) in [6.45, 7) is 6.95. The molecule has 0 saturated carbocycles. The number of phenols is 1. The molecule has 62 heavy (non-hydrogen) atoms. The van der Waals surface area contributed by atoms with Crippen molar-refractivity contribution < 1.29 is 52.5 Å². The number of ketones is 2. The molecule has 0 unspecified atom stereocenters. The van der Waals surface area contributed by atoms with E-state index in [1.807, 2.05) is 39.8 Å². The number of aromatic hydroxyl groups is 1. The SMILES string of the molecule is CON[C@@H](CCCNC(N)N)C(=O)C(=O)COc1cc2oc3cc(OCC(=O)N[C@@H](CCCNC(N)N)C(=O)OC)c(CC=C(C)C)c(O)c3c(=O)c2c(CC=C(C)C)c1OC. The zero-order valence-corrected chi connectivity index (χ0v) is 36.4. The number of carbonyl (C=O) groups is 4. The van der Waals surface area contributed by atoms with Crippen molar-refractivity contribution in [1.82, 2.24) is 21.4 Å². The molecule has 2 aromatic carbocycles. The predicted octanol–water partition coefficient (Wildman–Crippen LogP) is 0.893. The van der Waals surface area contributed by atoms with Crippen LogP contribution in [0.2, 0.25) is 0 Å². The second-order valence-corrected chi connectivity index (χ2v) is 14.9. The van der Waals surface area contributed by atoms with Crippen LogP contribution in [0.1, 0.15) is 64.5 Å². The van der Waals surface area contributed by atoms with Crippen LogP contribution >= 0.6 is 0 Å². The van der Waals surface area contributed by atoms with Gasteiger partial charge in [-0.2, -0.15) is 5.48 Å². The minimum Gasteiger partial charge on any atom is -0.507 e. The average Bonchev–Trinajstić information content (AvgIpc) is 3.21. The number of Topliss-reactive ketones (excluding diaryl/α,β-unsaturated/α-hetero) is 2. The molecule has 20 heteroatoms. The van der Waals surface area contributed by atoms with Crippen molar-refractivity contribution in [3.8, 4) is 23.0 Å². The minimum absolute atomic E-state index is 0.00227. The summed E-state index contributed by atoms with van der Waals surface area (Å²) in [7, 11) is 3.89. The molecule has 0 aliphatic carbocycles. The molecule has 20 nitrogen and oxygen atoms in total. The van der Waals surface area contributed by atoms with Gasteiger partial charge < -0.3 is 61.6 Å². The number of fused-ring (bicyclic) bond motifs is 2. The van der Waals surface area contributed by atoms with Crippen molar-refractivity contribution in [1.29, 1.82) is 0 Å². The van der Waals surface area contributed by atoms with Gasteiger partial charge in [0.05, 0.1) is 32.8 Å². The van der Waals surface area contributed by atoms with Gasteiger partial charge in [-0.25, -0.2) is 4.79 Å². The fourth-order valence-electron chi connectivity index (χ4n) is 6.38. The Labute approximate surface area is 359 Å². The highest BCUT2D eigenvalue weighted by atomic mass is 16.6. The lowest BCUT2D eigenvalue weighted by atomic mass is 9.98. The number of hydroxylamine groups is 1. The third-order valence-corrected chi connectivity index (χ3v) is 9.43. The minimum atomic E-state index is -0.999. The van der Waals surface area contributed by atoms with Crippen LogP contribution in [0.25, 0.3) is 21.9 Å². The maximum absolute atomic E-state index is 14.6. The molecule has 0 spiro atoms. The van der Waals surface area contributed by atoms with Gasteiger partial charge in [-0.15, -0.1) is 0 Å². The fraction of sp³-hybridized carbons (Fsp3) is 0.500. The normalized spacial score (nSPS) is 12.3. The van der Waals surface area contributed by atoms with Gasteiger partial charge in [0, 0.05) is 23.3 Å². The van der Waals surface area contributed by atoms with Crippen LogP contribution in [0.15, 0.2) is 44.6 Å². The van der Waals surface area contributed by atoms with Gasteiger partial charge in [-0.05, 0) is 79.3 Å². The van der Waals surface area contributed by atoms with E-state index in [0.29, 0.717) is 31.5 Å². The summed E-state index contributed by atoms with van der Waals surface area (Å²) < 4.78 is 28.8. The molecule has 1 heterocycles. The Morgan fingerprint density at radius 2 is 1.32 bits per heavy atom. The zero-order chi connectivity index (χ0) is 46.1. The summed E-state index contributed by atoms with van der Waals surface area (Å²) in [5, 5.41) is 20.0. The van der Waals surface area contributed by atoms with Crippen molar-refractivity contribution in [2.24, 2.45) is 22.9 Å². The summed E-state index contributed by atoms with van der Waals surface area (Å²) in [5.41, 5.74) is 26.3. The molecular formula is C42H62N8O12. The lowest BCUT2D eigenvalue weighted by Crippen LogP contribution is -2.47. The van der Waals surface area contributed by atoms with Crippen molar-refractivity contribution in [3.63, 3.8) is 0 Å². The second-order valence-electron chi connectivity index (χ2n) is 14.9. The first-order valence-corrected chi connectivity index (χ1v) is 20.0. The highest BCUT2D eigenvalue weighted by molar-refractivity contribution is 6.39. The molecule has 3 rings (SSSR count). The van der Waals surface area contributed by atoms with E-state index in [1.165, 1.54) is 33.5 Å². The molecule has 0 radical (unpaired) electrons. The topological polar surface area (TPSA) is 317 Å². The summed E-state index contributed by atoms with van der Waals surface area (Å²) >= 11 is 0. The first kappa shape index (κ1) is 50.9. The fourth-order valence-corrected chi connectivity index (χ4v) is 6.38. The smallest absolute Gasteiger partial charge is 0.328 e. The standard InChI is InChI=1S/C42H62N8O12/c1-22(2)12-14-24-29(61-21-33(52)49-27(40(56)58-6)11-9-17-48-42(45)46)18-31-35(36(24)53)38(55)34-25(15-13-23(3)4)39(57-5)32(19-30(34)62-31)60-20-28(51)37(54)26(50-59-7)10-8-16-47-41(43)44/h12-13,18-19,26-27,41-42,47-48,50,53H,8-11,14-17,20-21,43-46H2,1-7H3,(H,49,52)/t26-,27-/m0/s1. The van der Waals surface area contributed by atoms with Gasteiger partial charge in [0.1, 0.15) is 46.7 Å². The Morgan fingerprint density at radius 1 is 0.774 bits per heavy atom. The second kappa shape index (κ2) is 24.9. The van der Waals surface area contributed by atoms with E-state index in [1.54, 1.807) is 0 Å². The number of methoxy groups -OCH3 is 2. The maximum Gasteiger partial charge on any atom is 0.328 e. The first-order valence-electron chi connectivity index (χ1n) is 20.0. The molecule has 0 aliphatic heterocycles. The van der Waals surface area contributed by atoms with Gasteiger partial charge in [0.2, 0.25) is 17.0 Å². The number of nitrogens with two attached hydrogens (primary N) is 4. The Bertz CT molecular complexity index is 2160. The van der Waals surface area contributed by atoms with E-state index >= 15 is 0 Å². The number of phenolic OH excluding ortho intramolecular Hbond substituents is 1. The van der Waals surface area contributed by atoms with Crippen LogP contribution in [0.5, 0.6) is 23.0 Å². The van der Waals surface area contributed by atoms with Crippen LogP contribution in [0, 0.1) is 0 Å². The van der Waals surface area contributed by atoms with Crippen LogP contribution < -0.4 is 64.0 Å². The summed E-state index contributed by atoms with van der Waals surface area (Å²) in [6, 6.07) is 0.760. The molecule has 342 valence electrons. The molecule has 1 aromatic heterocycles. The number of benzene rings is 2. The number of hydrogen-bond acceptors (Lipinski definition) is 19. The number of ether oxygens (including phenoxy) is 4. The summed E-state index contributed by atoms with van der Waals surface area (Å²) in [5.74, 6) is -3.29. The third-order valence-electron chi connectivity index (χ3n) is 9.43. The van der Waals surface area contributed by atoms with E-state index < -0.39 is 72.5 Å². The lowest BCUT2D eigenvalue weighted by Gasteiger charge is -2.19. The van der Waals surface area contributed by atoms with Gasteiger partial charge in [0.25, 0.3) is 5.91 Å². The largest absolute Gasteiger partial charge is 0.507 e. The molecule has 0 fully saturated rings. The molecule has 3 aromatic rings. The number of amides is 1. The van der Waals surface area contributed by atoms with Gasteiger partial charge in [0.15, 0.2) is 24.7 Å². The number of allylic oxidation sites excluding steroid dienone is 4. The molecular weight excluding hydrogens is 809 g/mol. The first-order chi connectivity index (χ1) is 29.4. The zero-order valence-electron chi connectivity index (χ0n) is 36.4. The van der Waals surface area contributed by atoms with E-state index in [2.05, 4.69) is 21.4 Å². The Hall–Kier alpha value is -5.45. The number of carbonyl (C=O) groups excluding carboxylic acids is 4. The lowest BCUT2D eigenvalue weighted by molar-refractivity contribution is -0.145. The number of nitrogens with one attached hydrogen (secondary N) is 4. The van der Waals surface area contributed by atoms with Crippen LogP contribution in [-0.2, 0) is 41.6 Å². The average molecular weight is 871 g/mol. The van der Waals surface area contributed by atoms with Crippen molar-refractivity contribution in [3.05, 3.63) is 56.8 Å². The summed E-state index contributed by atoms with van der Waals surface area (Å²) in [4.78, 5) is 71.5. The van der Waals surface area contributed by atoms with Crippen LogP contribution in [-0.4, -0.2) is 101 Å². The maximum atomic E-state index is 14.6.